The first kappa shape index (κ1) is 14.0. The van der Waals surface area contributed by atoms with Gasteiger partial charge in [-0.3, -0.25) is 4.79 Å². The largest absolute Gasteiger partial charge is 0.390 e. The molecule has 2 rings (SSSR count). The molecule has 0 heterocycles. The molecule has 0 saturated heterocycles. The number of benzene rings is 1. The fourth-order valence-corrected chi connectivity index (χ4v) is 2.45. The molecule has 2 N–H and O–H groups in total. The molecule has 1 unspecified atom stereocenters. The maximum atomic E-state index is 11.9. The van der Waals surface area contributed by atoms with Crippen LogP contribution in [-0.4, -0.2) is 30.3 Å². The van der Waals surface area contributed by atoms with Crippen LogP contribution >= 0.6 is 0 Å². The first-order valence-corrected chi connectivity index (χ1v) is 6.70. The SMILES string of the molecule is COC(C)CCC(=O)N[C@H]1c2ccccc2C[C@H]1O. The molecular weight excluding hydrogens is 242 g/mol. The van der Waals surface area contributed by atoms with E-state index in [0.29, 0.717) is 19.3 Å². The summed E-state index contributed by atoms with van der Waals surface area (Å²) >= 11 is 0. The van der Waals surface area contributed by atoms with Gasteiger partial charge in [0.25, 0.3) is 0 Å². The predicted molar refractivity (Wildman–Crippen MR) is 72.7 cm³/mol. The Morgan fingerprint density at radius 2 is 2.26 bits per heavy atom. The highest BCUT2D eigenvalue weighted by molar-refractivity contribution is 5.76. The van der Waals surface area contributed by atoms with Crippen LogP contribution in [0.3, 0.4) is 0 Å². The van der Waals surface area contributed by atoms with Gasteiger partial charge < -0.3 is 15.2 Å². The average molecular weight is 263 g/mol. The van der Waals surface area contributed by atoms with Crippen LogP contribution in [0.15, 0.2) is 24.3 Å². The van der Waals surface area contributed by atoms with Crippen LogP contribution in [0.4, 0.5) is 0 Å². The summed E-state index contributed by atoms with van der Waals surface area (Å²) in [6.07, 6.45) is 1.26. The van der Waals surface area contributed by atoms with Gasteiger partial charge in [0, 0.05) is 20.0 Å². The first-order chi connectivity index (χ1) is 9.11. The lowest BCUT2D eigenvalue weighted by atomic mass is 10.1. The zero-order valence-electron chi connectivity index (χ0n) is 11.4. The number of carbonyl (C=O) groups is 1. The van der Waals surface area contributed by atoms with Crippen LogP contribution < -0.4 is 5.32 Å². The molecule has 19 heavy (non-hydrogen) atoms. The Kier molecular flexibility index (Phi) is 4.56. The van der Waals surface area contributed by atoms with E-state index >= 15 is 0 Å². The highest BCUT2D eigenvalue weighted by atomic mass is 16.5. The van der Waals surface area contributed by atoms with E-state index in [-0.39, 0.29) is 18.1 Å². The van der Waals surface area contributed by atoms with Crippen molar-refractivity contribution in [1.82, 2.24) is 5.32 Å². The highest BCUT2D eigenvalue weighted by Gasteiger charge is 2.31. The normalized spacial score (nSPS) is 22.9. The molecule has 1 aromatic carbocycles. The lowest BCUT2D eigenvalue weighted by Gasteiger charge is -2.18. The topological polar surface area (TPSA) is 58.6 Å². The van der Waals surface area contributed by atoms with Crippen molar-refractivity contribution < 1.29 is 14.6 Å². The van der Waals surface area contributed by atoms with E-state index in [1.807, 2.05) is 31.2 Å². The number of ether oxygens (including phenoxy) is 1. The Balaban J connectivity index is 1.94. The second-order valence-corrected chi connectivity index (χ2v) is 5.10. The van der Waals surface area contributed by atoms with Gasteiger partial charge in [0.15, 0.2) is 0 Å². The maximum Gasteiger partial charge on any atom is 0.220 e. The van der Waals surface area contributed by atoms with Crippen molar-refractivity contribution >= 4 is 5.91 Å². The van der Waals surface area contributed by atoms with Gasteiger partial charge in [-0.2, -0.15) is 0 Å². The van der Waals surface area contributed by atoms with Gasteiger partial charge in [-0.25, -0.2) is 0 Å². The molecule has 0 aliphatic heterocycles. The second kappa shape index (κ2) is 6.17. The standard InChI is InChI=1S/C15H21NO3/c1-10(19-2)7-8-14(18)16-15-12-6-4-3-5-11(12)9-13(15)17/h3-6,10,13,15,17H,7-9H2,1-2H3,(H,16,18)/t10?,13-,15+/m1/s1. The summed E-state index contributed by atoms with van der Waals surface area (Å²) in [6, 6.07) is 7.58. The van der Waals surface area contributed by atoms with E-state index in [0.717, 1.165) is 11.1 Å². The molecule has 4 nitrogen and oxygen atoms in total. The van der Waals surface area contributed by atoms with Gasteiger partial charge in [-0.15, -0.1) is 0 Å². The van der Waals surface area contributed by atoms with Gasteiger partial charge in [0.05, 0.1) is 18.2 Å². The van der Waals surface area contributed by atoms with Gasteiger partial charge in [-0.1, -0.05) is 24.3 Å². The summed E-state index contributed by atoms with van der Waals surface area (Å²) in [5.74, 6) is -0.0374. The Morgan fingerprint density at radius 3 is 3.00 bits per heavy atom. The lowest BCUT2D eigenvalue weighted by Crippen LogP contribution is -2.34. The second-order valence-electron chi connectivity index (χ2n) is 5.10. The minimum absolute atomic E-state index is 0.0374. The Hall–Kier alpha value is -1.39. The van der Waals surface area contributed by atoms with Crippen LogP contribution in [-0.2, 0) is 16.0 Å². The summed E-state index contributed by atoms with van der Waals surface area (Å²) in [5.41, 5.74) is 2.15. The monoisotopic (exact) mass is 263 g/mol. The van der Waals surface area contributed by atoms with Crippen LogP contribution in [0, 0.1) is 0 Å². The van der Waals surface area contributed by atoms with E-state index in [9.17, 15) is 9.90 Å². The molecule has 1 aliphatic rings. The zero-order chi connectivity index (χ0) is 13.8. The minimum Gasteiger partial charge on any atom is -0.390 e. The van der Waals surface area contributed by atoms with Gasteiger partial charge in [0.1, 0.15) is 0 Å². The number of nitrogens with one attached hydrogen (secondary N) is 1. The maximum absolute atomic E-state index is 11.9. The fourth-order valence-electron chi connectivity index (χ4n) is 2.45. The summed E-state index contributed by atoms with van der Waals surface area (Å²) in [6.45, 7) is 1.94. The van der Waals surface area contributed by atoms with E-state index in [1.54, 1.807) is 7.11 Å². The number of fused-ring (bicyclic) bond motifs is 1. The molecule has 0 spiro atoms. The van der Waals surface area contributed by atoms with Crippen molar-refractivity contribution in [1.29, 1.82) is 0 Å². The number of aliphatic hydroxyl groups excluding tert-OH is 1. The Morgan fingerprint density at radius 1 is 1.53 bits per heavy atom. The molecule has 0 aromatic heterocycles. The first-order valence-electron chi connectivity index (χ1n) is 6.70. The molecule has 3 atom stereocenters. The summed E-state index contributed by atoms with van der Waals surface area (Å²) in [5, 5.41) is 13.0. The number of hydrogen-bond acceptors (Lipinski definition) is 3. The molecule has 4 heteroatoms. The summed E-state index contributed by atoms with van der Waals surface area (Å²) in [7, 11) is 1.64. The Labute approximate surface area is 113 Å². The van der Waals surface area contributed by atoms with Crippen LogP contribution in [0.1, 0.15) is 36.9 Å². The number of rotatable bonds is 5. The molecule has 0 saturated carbocycles. The van der Waals surface area contributed by atoms with Crippen molar-refractivity contribution in [2.24, 2.45) is 0 Å². The molecule has 0 fully saturated rings. The van der Waals surface area contributed by atoms with E-state index in [1.165, 1.54) is 0 Å². The van der Waals surface area contributed by atoms with Crippen molar-refractivity contribution in [3.05, 3.63) is 35.4 Å². The number of amides is 1. The molecule has 104 valence electrons. The molecule has 1 aliphatic carbocycles. The summed E-state index contributed by atoms with van der Waals surface area (Å²) in [4.78, 5) is 11.9. The van der Waals surface area contributed by atoms with Crippen molar-refractivity contribution in [3.8, 4) is 0 Å². The number of methoxy groups -OCH3 is 1. The van der Waals surface area contributed by atoms with Crippen molar-refractivity contribution in [3.63, 3.8) is 0 Å². The minimum atomic E-state index is -0.527. The van der Waals surface area contributed by atoms with Crippen molar-refractivity contribution in [2.45, 2.75) is 44.4 Å². The average Bonchev–Trinajstić information content (AvgIpc) is 2.72. The van der Waals surface area contributed by atoms with Crippen LogP contribution in [0.25, 0.3) is 0 Å². The predicted octanol–water partition coefficient (Wildman–Crippen LogP) is 1.58. The number of aliphatic hydroxyl groups is 1. The number of carbonyl (C=O) groups excluding carboxylic acids is 1. The van der Waals surface area contributed by atoms with Gasteiger partial charge in [0.2, 0.25) is 5.91 Å². The third kappa shape index (κ3) is 3.33. The van der Waals surface area contributed by atoms with E-state index < -0.39 is 6.10 Å². The van der Waals surface area contributed by atoms with Gasteiger partial charge >= 0.3 is 0 Å². The lowest BCUT2D eigenvalue weighted by molar-refractivity contribution is -0.123. The molecule has 0 bridgehead atoms. The summed E-state index contributed by atoms with van der Waals surface area (Å²) < 4.78 is 5.12. The molecular formula is C15H21NO3. The van der Waals surface area contributed by atoms with Crippen LogP contribution in [0.5, 0.6) is 0 Å². The smallest absolute Gasteiger partial charge is 0.220 e. The fraction of sp³-hybridized carbons (Fsp3) is 0.533. The molecule has 1 amide bonds. The zero-order valence-corrected chi connectivity index (χ0v) is 11.4. The van der Waals surface area contributed by atoms with Crippen LogP contribution in [0.2, 0.25) is 0 Å². The third-order valence-electron chi connectivity index (χ3n) is 3.70. The van der Waals surface area contributed by atoms with Gasteiger partial charge in [-0.05, 0) is 24.5 Å². The highest BCUT2D eigenvalue weighted by Crippen LogP contribution is 2.31. The van der Waals surface area contributed by atoms with E-state index in [4.69, 9.17) is 4.74 Å². The van der Waals surface area contributed by atoms with Crippen molar-refractivity contribution in [2.75, 3.05) is 7.11 Å². The number of hydrogen-bond donors (Lipinski definition) is 2. The Bertz CT molecular complexity index is 447. The van der Waals surface area contributed by atoms with E-state index in [2.05, 4.69) is 5.32 Å². The molecule has 1 aromatic rings. The molecule has 0 radical (unpaired) electrons. The quantitative estimate of drug-likeness (QED) is 0.848. The third-order valence-corrected chi connectivity index (χ3v) is 3.70.